The van der Waals surface area contributed by atoms with Crippen LogP contribution in [0.2, 0.25) is 0 Å². The molecule has 15 aliphatic carbocycles. The summed E-state index contributed by atoms with van der Waals surface area (Å²) in [5.41, 5.74) is 5.82. The largest absolute Gasteiger partial charge is 0.497 e. The molecule has 5 atom stereocenters. The van der Waals surface area contributed by atoms with Gasteiger partial charge in [0.05, 0.1) is 98.8 Å². The Morgan fingerprint density at radius 1 is 0.354 bits per heavy atom. The molecule has 7 aromatic carbocycles. The van der Waals surface area contributed by atoms with E-state index in [9.17, 15) is 77.5 Å². The molecule has 9 heterocycles. The minimum absolute atomic E-state index is 0.0221. The summed E-state index contributed by atoms with van der Waals surface area (Å²) in [6, 6.07) is 31.6. The van der Waals surface area contributed by atoms with E-state index in [1.165, 1.54) is 92.0 Å². The van der Waals surface area contributed by atoms with Crippen LogP contribution in [0.3, 0.4) is 0 Å². The van der Waals surface area contributed by atoms with Gasteiger partial charge in [0.2, 0.25) is 41.4 Å². The number of aryl methyl sites for hydroxylation is 5. The molecule has 15 saturated carbocycles. The van der Waals surface area contributed by atoms with E-state index in [2.05, 4.69) is 67.5 Å². The van der Waals surface area contributed by atoms with Crippen molar-refractivity contribution in [1.29, 1.82) is 0 Å². The molecular weight excluding hydrogens is 1910 g/mol. The van der Waals surface area contributed by atoms with E-state index in [4.69, 9.17) is 4.74 Å². The Hall–Kier alpha value is -14.8. The summed E-state index contributed by atoms with van der Waals surface area (Å²) in [7, 11) is 1.64. The van der Waals surface area contributed by atoms with Gasteiger partial charge in [-0.15, -0.1) is 0 Å². The maximum atomic E-state index is 13.7. The lowest BCUT2D eigenvalue weighted by Gasteiger charge is -2.69. The number of halogens is 10. The quantitative estimate of drug-likeness (QED) is 0.0633. The van der Waals surface area contributed by atoms with Gasteiger partial charge in [0.1, 0.15) is 76.1 Å². The third-order valence-electron chi connectivity index (χ3n) is 32.8. The summed E-state index contributed by atoms with van der Waals surface area (Å²) in [4.78, 5) is 99.6. The smallest absolute Gasteiger partial charge is 0.249 e. The maximum Gasteiger partial charge on any atom is 0.249 e. The summed E-state index contributed by atoms with van der Waals surface area (Å²) < 4.78 is 148. The molecule has 0 saturated heterocycles. The number of rotatable bonds is 21. The molecule has 2 N–H and O–H groups in total. The highest BCUT2D eigenvalue weighted by molar-refractivity contribution is 6.04. The topological polar surface area (TPSA) is 310 Å². The lowest BCUT2D eigenvalue weighted by Crippen LogP contribution is -2.71. The number of nitrogens with one attached hydrogen (secondary N) is 2. The van der Waals surface area contributed by atoms with Gasteiger partial charge < -0.3 is 15.4 Å². The molecule has 11 aromatic rings. The van der Waals surface area contributed by atoms with Crippen molar-refractivity contribution in [3.05, 3.63) is 285 Å². The highest BCUT2D eigenvalue weighted by atomic mass is 19.2. The average molecular weight is 2010 g/mol. The van der Waals surface area contributed by atoms with Crippen LogP contribution in [0, 0.1) is 147 Å². The van der Waals surface area contributed by atoms with E-state index in [-0.39, 0.29) is 68.4 Å². The van der Waals surface area contributed by atoms with Gasteiger partial charge >= 0.3 is 0 Å². The summed E-state index contributed by atoms with van der Waals surface area (Å²) in [5.74, 6) is -6.01. The number of hydrogen-bond acceptors (Lipinski definition) is 18. The van der Waals surface area contributed by atoms with Crippen molar-refractivity contribution < 1.29 is 82.2 Å². The molecule has 10 bridgehead atoms. The van der Waals surface area contributed by atoms with Gasteiger partial charge in [0.25, 0.3) is 0 Å². The molecule has 31 rings (SSSR count). The van der Waals surface area contributed by atoms with E-state index in [0.717, 1.165) is 158 Å². The number of fused-ring (bicyclic) bond motifs is 1. The Morgan fingerprint density at radius 2 is 0.707 bits per heavy atom. The molecule has 4 aromatic heterocycles. The van der Waals surface area contributed by atoms with Crippen molar-refractivity contribution in [2.75, 3.05) is 17.7 Å². The van der Waals surface area contributed by atoms with Gasteiger partial charge in [0, 0.05) is 154 Å². The zero-order valence-electron chi connectivity index (χ0n) is 81.3. The highest BCUT2D eigenvalue weighted by Crippen LogP contribution is 2.79. The van der Waals surface area contributed by atoms with Crippen LogP contribution in [0.1, 0.15) is 215 Å². The molecule has 147 heavy (non-hydrogen) atoms. The van der Waals surface area contributed by atoms with E-state index < -0.39 is 115 Å². The van der Waals surface area contributed by atoms with Crippen molar-refractivity contribution >= 4 is 94.8 Å². The van der Waals surface area contributed by atoms with Gasteiger partial charge in [-0.2, -0.15) is 40.8 Å². The molecular formula is C109H104F10N20O8. The van der Waals surface area contributed by atoms with Crippen molar-refractivity contribution in [3.63, 3.8) is 0 Å². The van der Waals surface area contributed by atoms with Gasteiger partial charge in [-0.25, -0.2) is 78.9 Å². The van der Waals surface area contributed by atoms with Crippen LogP contribution in [-0.2, 0) is 53.2 Å². The van der Waals surface area contributed by atoms with E-state index in [0.29, 0.717) is 104 Å². The number of ether oxygens (including phenoxy) is 1. The van der Waals surface area contributed by atoms with Crippen LogP contribution in [0.4, 0.5) is 55.4 Å². The molecule has 15 fully saturated rings. The minimum atomic E-state index is -0.689. The predicted octanol–water partition coefficient (Wildman–Crippen LogP) is 19.4. The minimum Gasteiger partial charge on any atom is -0.497 e. The van der Waals surface area contributed by atoms with Crippen LogP contribution in [0.25, 0.3) is 10.9 Å². The van der Waals surface area contributed by atoms with E-state index in [1.54, 1.807) is 44.2 Å². The first-order chi connectivity index (χ1) is 70.2. The van der Waals surface area contributed by atoms with Crippen molar-refractivity contribution in [1.82, 2.24) is 64.4 Å². The van der Waals surface area contributed by atoms with E-state index in [1.807, 2.05) is 110 Å². The lowest BCUT2D eigenvalue weighted by molar-refractivity contribution is -0.223. The van der Waals surface area contributed by atoms with E-state index >= 15 is 0 Å². The highest BCUT2D eigenvalue weighted by Gasteiger charge is 2.79. The summed E-state index contributed by atoms with van der Waals surface area (Å²) in [6.45, 7) is 12.2. The second kappa shape index (κ2) is 35.8. The Morgan fingerprint density at radius 3 is 1.04 bits per heavy atom. The number of nitrogens with zero attached hydrogens (tertiary/aromatic N) is 18. The Labute approximate surface area is 837 Å². The Bertz CT molecular complexity index is 7090. The van der Waals surface area contributed by atoms with Gasteiger partial charge in [-0.05, 0) is 277 Å². The number of anilines is 2. The first kappa shape index (κ1) is 97.0. The second-order valence-electron chi connectivity index (χ2n) is 44.0. The molecule has 0 radical (unpaired) electrons. The molecule has 20 aliphatic rings. The number of methoxy groups -OCH3 is 1. The molecule has 28 nitrogen and oxygen atoms in total. The summed E-state index contributed by atoms with van der Waals surface area (Å²) >= 11 is 0. The molecule has 0 spiro atoms. The van der Waals surface area contributed by atoms with Gasteiger partial charge in [-0.1, -0.05) is 12.1 Å². The zero-order chi connectivity index (χ0) is 103. The van der Waals surface area contributed by atoms with Crippen molar-refractivity contribution in [2.24, 2.45) is 79.7 Å². The van der Waals surface area contributed by atoms with Crippen molar-refractivity contribution in [3.8, 4) is 5.75 Å². The lowest BCUT2D eigenvalue weighted by atomic mass is 9.34. The second-order valence-corrected chi connectivity index (χ2v) is 44.0. The third kappa shape index (κ3) is 17.4. The molecule has 38 heteroatoms. The molecule has 5 aliphatic heterocycles. The number of carbonyl (C=O) groups is 7. The average Bonchev–Trinajstić information content (AvgIpc) is 1.62. The molecule has 5 unspecified atom stereocenters. The number of aromatic nitrogens is 8. The number of carbonyl (C=O) groups excluding carboxylic acids is 7. The normalized spacial score (nSPS) is 29.2. The SMILES string of the molecule is COc1ccc2cnn(CC34CC(C(=O)N5N=CCC5c5cc(F)cc(F)c5)(C3)C4)c2c1.Cc1cc(C)n(CC23CC(C(=O)N4N=CCC4c4cc(F)cc(F)c4)(C2)C3)n1.Cc1cc(NC(=O)C23CC(C(=O)N4N=CCC4c4cc(F)cc(F)c4)(C2)C3)ncn1.Cc1cccc(NC(=O)C23CC(C(=O)N4N=CCC4c4cc(F)cc(F)c4)(C2)C3)c1.Cc1cnn(CC23CC(C(=O)N4N=CCC4c4cc(F)cc(F)c4)(C2)C3)c1. The first-order valence-corrected chi connectivity index (χ1v) is 49.3. The number of benzene rings is 7. The fraction of sp³-hybridized carbons (Fsp3) is 0.404. The Balaban J connectivity index is 0.000000104. The number of hydrazone groups is 5. The summed E-state index contributed by atoms with van der Waals surface area (Å²) in [5, 5.41) is 48.3. The van der Waals surface area contributed by atoms with Crippen LogP contribution in [0.15, 0.2) is 196 Å². The zero-order valence-corrected chi connectivity index (χ0v) is 81.3. The monoisotopic (exact) mass is 2010 g/mol. The van der Waals surface area contributed by atoms with Crippen molar-refractivity contribution in [2.45, 2.75) is 213 Å². The standard InChI is InChI=1S/C24H22F2N4O2.C23H21F2N3O2.C21H19F2N5O2.C21H22F2N4O.C20H20F2N4O/c1-32-19-3-2-15-10-28-29(21(15)9-19)14-23-11-24(12-23,13-23)22(31)30-20(4-5-27-30)16-6-17(25)8-18(26)7-16;1-14-3-2-4-18(7-14)27-20(29)22-11-23(12-22,13-22)21(30)28-19(5-6-26-28)15-8-16(24)10-17(25)9-15;1-12-4-17(25-11-24-12)27-18(29)20-8-21(9-20,10-20)19(30)28-16(2-3-26-28)13-5-14(22)7-15(23)6-13;1-13-5-14(2)26(25-13)12-20-9-21(10-20,11-20)19(28)27-18(3-4-24-27)15-6-16(22)8-17(23)7-15;1-13-7-24-25(8-13)12-19-9-20(10-19,11-19)18(27)26-17(2-3-23-26)14-4-15(21)6-16(22)5-14/h2-3,5-10,20H,4,11-14H2,1H3;2-4,6-10,19H,5,11-13H2,1H3,(H,27,29);3-7,11,16H,2,8-10H2,1H3,(H,24,25,27,29);4-8,18H,3,9-12H2,1-2H3;3-8,17H,2,9-12H2,1H3. The summed E-state index contributed by atoms with van der Waals surface area (Å²) in [6.07, 6.45) is 27.5. The Kier molecular flexibility index (Phi) is 23.7. The number of amides is 7. The fourth-order valence-corrected chi connectivity index (χ4v) is 26.6. The van der Waals surface area contributed by atoms with Gasteiger partial charge in [-0.3, -0.25) is 47.6 Å². The van der Waals surface area contributed by atoms with Crippen LogP contribution in [0.5, 0.6) is 5.75 Å². The molecule has 7 amide bonds. The third-order valence-corrected chi connectivity index (χ3v) is 32.8. The van der Waals surface area contributed by atoms with Gasteiger partial charge in [0.15, 0.2) is 0 Å². The van der Waals surface area contributed by atoms with Crippen LogP contribution >= 0.6 is 0 Å². The fourth-order valence-electron chi connectivity index (χ4n) is 26.6. The maximum absolute atomic E-state index is 13.7. The van der Waals surface area contributed by atoms with Crippen LogP contribution < -0.4 is 15.4 Å². The first-order valence-electron chi connectivity index (χ1n) is 49.3. The molecule has 758 valence electrons. The number of hydrogen-bond donors (Lipinski definition) is 2. The predicted molar refractivity (Wildman–Crippen MR) is 519 cm³/mol. The van der Waals surface area contributed by atoms with Crippen LogP contribution in [-0.4, -0.2) is 144 Å².